The zero-order chi connectivity index (χ0) is 15.6. The van der Waals surface area contributed by atoms with E-state index in [2.05, 4.69) is 31.4 Å². The van der Waals surface area contributed by atoms with Crippen molar-refractivity contribution in [3.8, 4) is 0 Å². The highest BCUT2D eigenvalue weighted by molar-refractivity contribution is 5.40. The van der Waals surface area contributed by atoms with Gasteiger partial charge in [-0.2, -0.15) is 5.10 Å². The molecule has 3 N–H and O–H groups in total. The molecule has 0 radical (unpaired) electrons. The van der Waals surface area contributed by atoms with E-state index in [9.17, 15) is 5.11 Å². The lowest BCUT2D eigenvalue weighted by Gasteiger charge is -2.35. The van der Waals surface area contributed by atoms with Crippen molar-refractivity contribution < 1.29 is 5.11 Å². The van der Waals surface area contributed by atoms with Gasteiger partial charge in [-0.3, -0.25) is 10.00 Å². The number of likely N-dealkylation sites (tertiary alicyclic amines) is 1. The van der Waals surface area contributed by atoms with Crippen LogP contribution >= 0.6 is 0 Å². The van der Waals surface area contributed by atoms with Gasteiger partial charge in [-0.25, -0.2) is 0 Å². The number of aromatic amines is 1. The fourth-order valence-corrected chi connectivity index (χ4v) is 3.59. The highest BCUT2D eigenvalue weighted by Crippen LogP contribution is 2.28. The number of rotatable bonds is 4. The van der Waals surface area contributed by atoms with Gasteiger partial charge in [0, 0.05) is 56.9 Å². The Morgan fingerprint density at radius 1 is 1.32 bits per heavy atom. The van der Waals surface area contributed by atoms with Crippen LogP contribution in [-0.4, -0.2) is 71.6 Å². The Kier molecular flexibility index (Phi) is 4.70. The number of aromatic nitrogens is 2. The van der Waals surface area contributed by atoms with Gasteiger partial charge in [-0.15, -0.1) is 0 Å². The number of aliphatic hydroxyl groups is 1. The number of piperidine rings is 1. The number of H-pyrrole nitrogens is 1. The summed E-state index contributed by atoms with van der Waals surface area (Å²) >= 11 is 0. The van der Waals surface area contributed by atoms with Crippen LogP contribution in [0, 0.1) is 0 Å². The molecule has 3 rings (SSSR count). The maximum absolute atomic E-state index is 10.0. The van der Waals surface area contributed by atoms with Crippen molar-refractivity contribution in [3.63, 3.8) is 0 Å². The molecular formula is C16H29N5O. The van der Waals surface area contributed by atoms with Crippen molar-refractivity contribution in [1.29, 1.82) is 0 Å². The molecule has 124 valence electrons. The summed E-state index contributed by atoms with van der Waals surface area (Å²) in [4.78, 5) is 4.72. The molecule has 6 nitrogen and oxygen atoms in total. The Hall–Kier alpha value is -1.11. The molecule has 2 aliphatic heterocycles. The fraction of sp³-hybridized carbons (Fsp3) is 0.812. The number of anilines is 1. The molecule has 0 bridgehead atoms. The first-order chi connectivity index (χ1) is 10.5. The molecule has 0 aliphatic carbocycles. The molecular weight excluding hydrogens is 278 g/mol. The molecule has 1 aromatic heterocycles. The number of hydrogen-bond donors (Lipinski definition) is 3. The highest BCUT2D eigenvalue weighted by atomic mass is 16.3. The van der Waals surface area contributed by atoms with Gasteiger partial charge in [0.05, 0.1) is 5.60 Å². The monoisotopic (exact) mass is 307 g/mol. The van der Waals surface area contributed by atoms with E-state index in [0.717, 1.165) is 51.6 Å². The standard InChI is InChI=1S/C16H29N5O/c1-16(2,22)12-20-7-3-4-13(11-20)14-10-15(19-18-14)21-8-5-17-6-9-21/h10,13,17,22H,3-9,11-12H2,1-2H3,(H,18,19). The van der Waals surface area contributed by atoms with E-state index in [-0.39, 0.29) is 0 Å². The van der Waals surface area contributed by atoms with Gasteiger partial charge in [0.1, 0.15) is 0 Å². The SMILES string of the molecule is CC(C)(O)CN1CCCC(c2cc(N3CCNCC3)n[nH]2)C1. The molecule has 3 heterocycles. The third kappa shape index (κ3) is 4.00. The number of piperazine rings is 1. The average molecular weight is 307 g/mol. The van der Waals surface area contributed by atoms with Gasteiger partial charge in [0.15, 0.2) is 5.82 Å². The van der Waals surface area contributed by atoms with Crippen molar-refractivity contribution in [1.82, 2.24) is 20.4 Å². The largest absolute Gasteiger partial charge is 0.389 e. The van der Waals surface area contributed by atoms with E-state index in [4.69, 9.17) is 0 Å². The van der Waals surface area contributed by atoms with Crippen molar-refractivity contribution in [3.05, 3.63) is 11.8 Å². The summed E-state index contributed by atoms with van der Waals surface area (Å²) < 4.78 is 0. The summed E-state index contributed by atoms with van der Waals surface area (Å²) in [5, 5.41) is 21.2. The quantitative estimate of drug-likeness (QED) is 0.767. The van der Waals surface area contributed by atoms with Crippen molar-refractivity contribution >= 4 is 5.82 Å². The third-order valence-electron chi connectivity index (χ3n) is 4.58. The third-order valence-corrected chi connectivity index (χ3v) is 4.58. The normalized spacial score (nSPS) is 24.7. The van der Waals surface area contributed by atoms with E-state index in [1.807, 2.05) is 13.8 Å². The molecule has 1 aromatic rings. The number of nitrogens with zero attached hydrogens (tertiary/aromatic N) is 3. The molecule has 0 aromatic carbocycles. The van der Waals surface area contributed by atoms with Gasteiger partial charge in [-0.1, -0.05) is 0 Å². The van der Waals surface area contributed by atoms with Crippen molar-refractivity contribution in [2.75, 3.05) is 50.7 Å². The summed E-state index contributed by atoms with van der Waals surface area (Å²) in [6.45, 7) is 10.7. The molecule has 2 saturated heterocycles. The van der Waals surface area contributed by atoms with Gasteiger partial charge >= 0.3 is 0 Å². The zero-order valence-electron chi connectivity index (χ0n) is 13.8. The van der Waals surface area contributed by atoms with Gasteiger partial charge in [0.2, 0.25) is 0 Å². The fourth-order valence-electron chi connectivity index (χ4n) is 3.59. The van der Waals surface area contributed by atoms with E-state index in [1.54, 1.807) is 0 Å². The molecule has 2 fully saturated rings. The van der Waals surface area contributed by atoms with E-state index in [0.29, 0.717) is 5.92 Å². The first kappa shape index (κ1) is 15.8. The van der Waals surface area contributed by atoms with Crippen LogP contribution in [0.4, 0.5) is 5.82 Å². The second-order valence-electron chi connectivity index (χ2n) is 7.31. The second kappa shape index (κ2) is 6.56. The molecule has 22 heavy (non-hydrogen) atoms. The lowest BCUT2D eigenvalue weighted by atomic mass is 9.94. The average Bonchev–Trinajstić information content (AvgIpc) is 2.96. The Labute approximate surface area is 132 Å². The Balaban J connectivity index is 1.62. The smallest absolute Gasteiger partial charge is 0.150 e. The number of β-amino-alcohol motifs (C(OH)–C–C–N with tert-alkyl or cyclic N) is 1. The molecule has 0 saturated carbocycles. The Bertz CT molecular complexity index is 475. The molecule has 6 heteroatoms. The van der Waals surface area contributed by atoms with Crippen LogP contribution < -0.4 is 10.2 Å². The Morgan fingerprint density at radius 2 is 2.09 bits per heavy atom. The first-order valence-corrected chi connectivity index (χ1v) is 8.47. The summed E-state index contributed by atoms with van der Waals surface area (Å²) in [5.74, 6) is 1.58. The van der Waals surface area contributed by atoms with E-state index >= 15 is 0 Å². The van der Waals surface area contributed by atoms with Crippen LogP contribution in [0.1, 0.15) is 38.3 Å². The molecule has 2 aliphatic rings. The predicted octanol–water partition coefficient (Wildman–Crippen LogP) is 0.770. The maximum Gasteiger partial charge on any atom is 0.150 e. The minimum Gasteiger partial charge on any atom is -0.389 e. The van der Waals surface area contributed by atoms with Crippen LogP contribution in [0.25, 0.3) is 0 Å². The topological polar surface area (TPSA) is 67.4 Å². The summed E-state index contributed by atoms with van der Waals surface area (Å²) in [7, 11) is 0. The molecule has 0 amide bonds. The van der Waals surface area contributed by atoms with Gasteiger partial charge in [0.25, 0.3) is 0 Å². The summed E-state index contributed by atoms with van der Waals surface area (Å²) in [6.07, 6.45) is 2.38. The van der Waals surface area contributed by atoms with Crippen LogP contribution in [0.15, 0.2) is 6.07 Å². The van der Waals surface area contributed by atoms with Crippen molar-refractivity contribution in [2.24, 2.45) is 0 Å². The predicted molar refractivity (Wildman–Crippen MR) is 88.4 cm³/mol. The number of nitrogens with one attached hydrogen (secondary N) is 2. The maximum atomic E-state index is 10.0. The van der Waals surface area contributed by atoms with Crippen LogP contribution in [0.5, 0.6) is 0 Å². The lowest BCUT2D eigenvalue weighted by molar-refractivity contribution is 0.0269. The highest BCUT2D eigenvalue weighted by Gasteiger charge is 2.27. The van der Waals surface area contributed by atoms with E-state index in [1.165, 1.54) is 18.5 Å². The van der Waals surface area contributed by atoms with Crippen LogP contribution in [-0.2, 0) is 0 Å². The van der Waals surface area contributed by atoms with Gasteiger partial charge in [-0.05, 0) is 33.2 Å². The van der Waals surface area contributed by atoms with E-state index < -0.39 is 5.60 Å². The first-order valence-electron chi connectivity index (χ1n) is 8.47. The second-order valence-corrected chi connectivity index (χ2v) is 7.31. The molecule has 0 spiro atoms. The minimum absolute atomic E-state index is 0.500. The minimum atomic E-state index is -0.623. The zero-order valence-corrected chi connectivity index (χ0v) is 13.8. The number of hydrogen-bond acceptors (Lipinski definition) is 5. The summed E-state index contributed by atoms with van der Waals surface area (Å²) in [5.41, 5.74) is 0.621. The van der Waals surface area contributed by atoms with Crippen LogP contribution in [0.2, 0.25) is 0 Å². The lowest BCUT2D eigenvalue weighted by Crippen LogP contribution is -2.43. The Morgan fingerprint density at radius 3 is 2.82 bits per heavy atom. The van der Waals surface area contributed by atoms with Crippen LogP contribution in [0.3, 0.4) is 0 Å². The summed E-state index contributed by atoms with van der Waals surface area (Å²) in [6, 6.07) is 2.23. The molecule has 1 atom stereocenters. The molecule has 1 unspecified atom stereocenters. The van der Waals surface area contributed by atoms with Crippen molar-refractivity contribution in [2.45, 2.75) is 38.2 Å². The van der Waals surface area contributed by atoms with Gasteiger partial charge < -0.3 is 15.3 Å².